The zero-order chi connectivity index (χ0) is 16.2. The van der Waals surface area contributed by atoms with Crippen LogP contribution >= 0.6 is 11.6 Å². The average molecular weight is 333 g/mol. The second-order valence-electron chi connectivity index (χ2n) is 6.01. The number of nitrogens with one attached hydrogen (secondary N) is 1. The number of imidazole rings is 1. The third-order valence-corrected chi connectivity index (χ3v) is 4.44. The van der Waals surface area contributed by atoms with E-state index < -0.39 is 0 Å². The highest BCUT2D eigenvalue weighted by molar-refractivity contribution is 6.30. The van der Waals surface area contributed by atoms with Crippen molar-refractivity contribution in [2.75, 3.05) is 0 Å². The lowest BCUT2D eigenvalue weighted by atomic mass is 9.99. The van der Waals surface area contributed by atoms with E-state index in [1.165, 1.54) is 19.3 Å². The van der Waals surface area contributed by atoms with E-state index in [4.69, 9.17) is 11.6 Å². The lowest BCUT2D eigenvalue weighted by Crippen LogP contribution is -2.22. The molecule has 1 aliphatic rings. The summed E-state index contributed by atoms with van der Waals surface area (Å²) in [6.07, 6.45) is 9.75. The van der Waals surface area contributed by atoms with Gasteiger partial charge in [-0.2, -0.15) is 5.10 Å². The Kier molecular flexibility index (Phi) is 4.96. The highest BCUT2D eigenvalue weighted by atomic mass is 35.5. The van der Waals surface area contributed by atoms with Crippen molar-refractivity contribution in [1.29, 1.82) is 0 Å². The van der Waals surface area contributed by atoms with Gasteiger partial charge in [0.2, 0.25) is 0 Å². The average Bonchev–Trinajstić information content (AvgIpc) is 2.81. The predicted molar refractivity (Wildman–Crippen MR) is 92.2 cm³/mol. The van der Waals surface area contributed by atoms with Crippen LogP contribution in [0.3, 0.4) is 0 Å². The second-order valence-corrected chi connectivity index (χ2v) is 6.44. The topological polar surface area (TPSA) is 58.8 Å². The number of halogens is 1. The number of rotatable bonds is 2. The third kappa shape index (κ3) is 3.72. The van der Waals surface area contributed by atoms with Crippen molar-refractivity contribution >= 4 is 28.9 Å². The van der Waals surface area contributed by atoms with Gasteiger partial charge in [0.1, 0.15) is 11.3 Å². The van der Waals surface area contributed by atoms with E-state index in [9.17, 15) is 4.79 Å². The van der Waals surface area contributed by atoms with Gasteiger partial charge >= 0.3 is 0 Å². The van der Waals surface area contributed by atoms with Crippen molar-refractivity contribution in [3.63, 3.8) is 0 Å². The molecule has 1 N–H and O–H groups in total. The van der Waals surface area contributed by atoms with Crippen molar-refractivity contribution in [3.8, 4) is 0 Å². The molecule has 0 saturated heterocycles. The molecule has 5 nitrogen and oxygen atoms in total. The maximum Gasteiger partial charge on any atom is 0.290 e. The lowest BCUT2D eigenvalue weighted by Gasteiger charge is -2.11. The van der Waals surface area contributed by atoms with Crippen molar-refractivity contribution in [3.05, 3.63) is 34.7 Å². The van der Waals surface area contributed by atoms with E-state index >= 15 is 0 Å². The summed E-state index contributed by atoms with van der Waals surface area (Å²) in [7, 11) is 0. The van der Waals surface area contributed by atoms with Crippen molar-refractivity contribution in [2.45, 2.75) is 51.9 Å². The van der Waals surface area contributed by atoms with Crippen LogP contribution in [0.15, 0.2) is 23.4 Å². The molecule has 2 heterocycles. The second kappa shape index (κ2) is 7.13. The molecule has 1 amide bonds. The third-order valence-electron chi connectivity index (χ3n) is 4.22. The standard InChI is InChI=1S/C17H21ClN4O/c1-12-16(22-11-13(18)9-10-15(22)19-12)17(23)21-20-14-7-5-3-2-4-6-8-14/h9-11H,2-8H2,1H3,(H,21,23). The molecule has 23 heavy (non-hydrogen) atoms. The van der Waals surface area contributed by atoms with E-state index in [1.807, 2.05) is 6.92 Å². The van der Waals surface area contributed by atoms with Gasteiger partial charge in [0.25, 0.3) is 5.91 Å². The molecule has 0 radical (unpaired) electrons. The molecule has 0 atom stereocenters. The predicted octanol–water partition coefficient (Wildman–Crippen LogP) is 4.13. The first-order valence-electron chi connectivity index (χ1n) is 8.15. The number of hydrogen-bond acceptors (Lipinski definition) is 3. The Bertz CT molecular complexity index is 740. The van der Waals surface area contributed by atoms with E-state index in [-0.39, 0.29) is 5.91 Å². The highest BCUT2D eigenvalue weighted by Gasteiger charge is 2.17. The summed E-state index contributed by atoms with van der Waals surface area (Å²) in [5.74, 6) is -0.244. The summed E-state index contributed by atoms with van der Waals surface area (Å²) in [4.78, 5) is 16.9. The summed E-state index contributed by atoms with van der Waals surface area (Å²) >= 11 is 6.03. The summed E-state index contributed by atoms with van der Waals surface area (Å²) in [5, 5.41) is 4.92. The molecule has 0 aromatic carbocycles. The van der Waals surface area contributed by atoms with Crippen LogP contribution in [0.2, 0.25) is 5.02 Å². The molecule has 6 heteroatoms. The Hall–Kier alpha value is -1.88. The molecule has 0 bridgehead atoms. The molecule has 0 spiro atoms. The molecule has 2 aromatic heterocycles. The van der Waals surface area contributed by atoms with Crippen LogP contribution in [0, 0.1) is 6.92 Å². The number of pyridine rings is 1. The number of nitrogens with zero attached hydrogens (tertiary/aromatic N) is 3. The SMILES string of the molecule is Cc1nc2ccc(Cl)cn2c1C(=O)NN=C1CCCCCCC1. The minimum Gasteiger partial charge on any atom is -0.294 e. The van der Waals surface area contributed by atoms with Gasteiger partial charge in [-0.15, -0.1) is 0 Å². The van der Waals surface area contributed by atoms with Gasteiger partial charge < -0.3 is 0 Å². The molecule has 1 saturated carbocycles. The molecule has 1 aliphatic carbocycles. The molecule has 3 rings (SSSR count). The summed E-state index contributed by atoms with van der Waals surface area (Å²) in [5.41, 5.74) is 5.64. The van der Waals surface area contributed by atoms with Crippen LogP contribution in [0.5, 0.6) is 0 Å². The number of fused-ring (bicyclic) bond motifs is 1. The monoisotopic (exact) mass is 332 g/mol. The van der Waals surface area contributed by atoms with Crippen LogP contribution < -0.4 is 5.43 Å². The lowest BCUT2D eigenvalue weighted by molar-refractivity contribution is 0.0948. The Balaban J connectivity index is 1.80. The molecule has 1 fully saturated rings. The van der Waals surface area contributed by atoms with Crippen LogP contribution in [0.4, 0.5) is 0 Å². The van der Waals surface area contributed by atoms with Crippen molar-refractivity contribution in [2.24, 2.45) is 5.10 Å². The number of amides is 1. The summed E-state index contributed by atoms with van der Waals surface area (Å²) in [6.45, 7) is 1.82. The first kappa shape index (κ1) is 16.0. The number of carbonyl (C=O) groups excluding carboxylic acids is 1. The number of aromatic nitrogens is 2. The largest absolute Gasteiger partial charge is 0.294 e. The van der Waals surface area contributed by atoms with Crippen LogP contribution in [0.25, 0.3) is 5.65 Å². The molecular formula is C17H21ClN4O. The van der Waals surface area contributed by atoms with Crippen molar-refractivity contribution in [1.82, 2.24) is 14.8 Å². The fourth-order valence-electron chi connectivity index (χ4n) is 3.02. The van der Waals surface area contributed by atoms with E-state index in [0.717, 1.165) is 31.4 Å². The fraction of sp³-hybridized carbons (Fsp3) is 0.471. The zero-order valence-corrected chi connectivity index (χ0v) is 14.1. The summed E-state index contributed by atoms with van der Waals surface area (Å²) in [6, 6.07) is 3.56. The minimum atomic E-state index is -0.244. The smallest absolute Gasteiger partial charge is 0.290 e. The van der Waals surface area contributed by atoms with E-state index in [2.05, 4.69) is 15.5 Å². The molecular weight excluding hydrogens is 312 g/mol. The molecule has 0 unspecified atom stereocenters. The Morgan fingerprint density at radius 1 is 1.22 bits per heavy atom. The molecule has 2 aromatic rings. The minimum absolute atomic E-state index is 0.244. The van der Waals surface area contributed by atoms with Gasteiger partial charge in [-0.05, 0) is 44.7 Å². The molecule has 122 valence electrons. The maximum absolute atomic E-state index is 12.5. The van der Waals surface area contributed by atoms with E-state index in [0.29, 0.717) is 22.1 Å². The Labute approximate surface area is 140 Å². The number of hydrazone groups is 1. The van der Waals surface area contributed by atoms with Gasteiger partial charge in [0, 0.05) is 11.9 Å². The van der Waals surface area contributed by atoms with Crippen LogP contribution in [-0.4, -0.2) is 21.0 Å². The van der Waals surface area contributed by atoms with Crippen LogP contribution in [0.1, 0.15) is 61.1 Å². The van der Waals surface area contributed by atoms with Gasteiger partial charge in [-0.3, -0.25) is 9.20 Å². The van der Waals surface area contributed by atoms with E-state index in [1.54, 1.807) is 22.7 Å². The number of carbonyl (C=O) groups is 1. The van der Waals surface area contributed by atoms with Gasteiger partial charge in [-0.1, -0.05) is 30.9 Å². The normalized spacial score (nSPS) is 16.0. The van der Waals surface area contributed by atoms with Gasteiger partial charge in [-0.25, -0.2) is 10.4 Å². The first-order chi connectivity index (χ1) is 11.1. The van der Waals surface area contributed by atoms with Gasteiger partial charge in [0.05, 0.1) is 10.7 Å². The van der Waals surface area contributed by atoms with Gasteiger partial charge in [0.15, 0.2) is 0 Å². The highest BCUT2D eigenvalue weighted by Crippen LogP contribution is 2.17. The van der Waals surface area contributed by atoms with Crippen LogP contribution in [-0.2, 0) is 0 Å². The first-order valence-corrected chi connectivity index (χ1v) is 8.53. The quantitative estimate of drug-likeness (QED) is 0.841. The van der Waals surface area contributed by atoms with Crippen molar-refractivity contribution < 1.29 is 4.79 Å². The summed E-state index contributed by atoms with van der Waals surface area (Å²) < 4.78 is 1.71. The maximum atomic E-state index is 12.5. The zero-order valence-electron chi connectivity index (χ0n) is 13.3. The Morgan fingerprint density at radius 3 is 2.65 bits per heavy atom. The molecule has 0 aliphatic heterocycles. The Morgan fingerprint density at radius 2 is 1.91 bits per heavy atom. The number of hydrogen-bond donors (Lipinski definition) is 1. The fourth-order valence-corrected chi connectivity index (χ4v) is 3.18. The number of aryl methyl sites for hydroxylation is 1.